The molecule has 3 rings (SSSR count). The van der Waals surface area contributed by atoms with E-state index in [1.807, 2.05) is 6.07 Å². The van der Waals surface area contributed by atoms with Crippen LogP contribution in [0.25, 0.3) is 5.69 Å². The van der Waals surface area contributed by atoms with Crippen LogP contribution in [0.2, 0.25) is 5.02 Å². The maximum Gasteiger partial charge on any atom is 0.417 e. The molecule has 164 valence electrons. The van der Waals surface area contributed by atoms with Crippen LogP contribution < -0.4 is 10.9 Å². The molecule has 0 bridgehead atoms. The molecule has 1 atom stereocenters. The number of thioether (sulfide) groups is 1. The van der Waals surface area contributed by atoms with Crippen molar-refractivity contribution in [2.24, 2.45) is 7.05 Å². The summed E-state index contributed by atoms with van der Waals surface area (Å²) < 4.78 is 42.3. The molecule has 1 heterocycles. The van der Waals surface area contributed by atoms with E-state index >= 15 is 0 Å². The summed E-state index contributed by atoms with van der Waals surface area (Å²) in [7, 11) is 1.70. The highest BCUT2D eigenvalue weighted by atomic mass is 35.5. The molecule has 1 unspecified atom stereocenters. The van der Waals surface area contributed by atoms with Crippen molar-refractivity contribution in [2.45, 2.75) is 30.2 Å². The largest absolute Gasteiger partial charge is 0.417 e. The van der Waals surface area contributed by atoms with Gasteiger partial charge >= 0.3 is 6.18 Å². The van der Waals surface area contributed by atoms with E-state index in [2.05, 4.69) is 5.32 Å². The number of aromatic nitrogens is 2. The van der Waals surface area contributed by atoms with E-state index in [0.29, 0.717) is 11.4 Å². The van der Waals surface area contributed by atoms with E-state index in [-0.39, 0.29) is 10.6 Å². The summed E-state index contributed by atoms with van der Waals surface area (Å²) in [5.41, 5.74) is -0.0537. The molecule has 0 fully saturated rings. The molecule has 0 aliphatic heterocycles. The van der Waals surface area contributed by atoms with E-state index in [1.165, 1.54) is 10.7 Å². The number of nitrogens with zero attached hydrogens (tertiary/aromatic N) is 2. The zero-order chi connectivity index (χ0) is 22.9. The van der Waals surface area contributed by atoms with E-state index in [4.69, 9.17) is 11.6 Å². The molecular formula is C21H19ClF3N3O2S. The van der Waals surface area contributed by atoms with Gasteiger partial charge in [0.2, 0.25) is 5.91 Å². The summed E-state index contributed by atoms with van der Waals surface area (Å²) in [6, 6.07) is 12.4. The highest BCUT2D eigenvalue weighted by Crippen LogP contribution is 2.37. The third-order valence-corrected chi connectivity index (χ3v) is 6.15. The number of carbonyl (C=O) groups excluding carboxylic acids is 1. The van der Waals surface area contributed by atoms with Gasteiger partial charge in [-0.05, 0) is 44.2 Å². The van der Waals surface area contributed by atoms with Crippen molar-refractivity contribution in [1.82, 2.24) is 9.36 Å². The lowest BCUT2D eigenvalue weighted by atomic mass is 10.2. The molecule has 3 aromatic rings. The number of hydrogen-bond donors (Lipinski definition) is 1. The first-order valence-electron chi connectivity index (χ1n) is 9.19. The van der Waals surface area contributed by atoms with Crippen LogP contribution >= 0.6 is 23.4 Å². The molecule has 0 saturated heterocycles. The lowest BCUT2D eigenvalue weighted by Gasteiger charge is -2.14. The molecule has 2 aromatic carbocycles. The predicted molar refractivity (Wildman–Crippen MR) is 116 cm³/mol. The number of para-hydroxylation sites is 1. The fraction of sp³-hybridized carbons (Fsp3) is 0.238. The fourth-order valence-corrected chi connectivity index (χ4v) is 4.12. The van der Waals surface area contributed by atoms with Crippen molar-refractivity contribution >= 4 is 35.0 Å². The van der Waals surface area contributed by atoms with Crippen LogP contribution in [0.4, 0.5) is 18.9 Å². The Morgan fingerprint density at radius 3 is 2.42 bits per heavy atom. The molecule has 0 aliphatic rings. The minimum Gasteiger partial charge on any atom is -0.319 e. The summed E-state index contributed by atoms with van der Waals surface area (Å²) in [4.78, 5) is 25.8. The third-order valence-electron chi connectivity index (χ3n) is 4.73. The fourth-order valence-electron chi connectivity index (χ4n) is 2.99. The summed E-state index contributed by atoms with van der Waals surface area (Å²) >= 11 is 6.58. The number of benzene rings is 2. The lowest BCUT2D eigenvalue weighted by molar-refractivity contribution is -0.137. The Labute approximate surface area is 185 Å². The molecule has 0 aliphatic carbocycles. The second kappa shape index (κ2) is 8.84. The summed E-state index contributed by atoms with van der Waals surface area (Å²) in [6.07, 6.45) is -4.59. The van der Waals surface area contributed by atoms with Gasteiger partial charge in [0.1, 0.15) is 5.69 Å². The smallest absolute Gasteiger partial charge is 0.319 e. The van der Waals surface area contributed by atoms with Gasteiger partial charge in [-0.15, -0.1) is 11.8 Å². The number of nitrogens with one attached hydrogen (secondary N) is 1. The highest BCUT2D eigenvalue weighted by Gasteiger charge is 2.33. The molecule has 1 amide bonds. The second-order valence-corrected chi connectivity index (χ2v) is 8.65. The number of alkyl halides is 3. The first-order valence-corrected chi connectivity index (χ1v) is 10.4. The van der Waals surface area contributed by atoms with Crippen molar-refractivity contribution in [2.75, 3.05) is 5.32 Å². The van der Waals surface area contributed by atoms with E-state index < -0.39 is 33.5 Å². The first-order chi connectivity index (χ1) is 14.5. The average Bonchev–Trinajstić information content (AvgIpc) is 2.92. The number of halogens is 4. The number of rotatable bonds is 5. The second-order valence-electron chi connectivity index (χ2n) is 6.83. The molecule has 1 N–H and O–H groups in total. The van der Waals surface area contributed by atoms with Crippen LogP contribution in [0.1, 0.15) is 18.2 Å². The zero-order valence-electron chi connectivity index (χ0n) is 16.8. The molecular weight excluding hydrogens is 451 g/mol. The minimum absolute atomic E-state index is 0.121. The topological polar surface area (TPSA) is 56.0 Å². The molecule has 0 radical (unpaired) electrons. The van der Waals surface area contributed by atoms with Crippen LogP contribution in [-0.4, -0.2) is 20.5 Å². The summed E-state index contributed by atoms with van der Waals surface area (Å²) in [5.74, 6) is -0.500. The lowest BCUT2D eigenvalue weighted by Crippen LogP contribution is -2.27. The van der Waals surface area contributed by atoms with Gasteiger partial charge in [-0.1, -0.05) is 29.8 Å². The Morgan fingerprint density at radius 2 is 1.81 bits per heavy atom. The monoisotopic (exact) mass is 469 g/mol. The van der Waals surface area contributed by atoms with Gasteiger partial charge in [-0.3, -0.25) is 14.3 Å². The third kappa shape index (κ3) is 4.83. The van der Waals surface area contributed by atoms with Crippen LogP contribution in [0, 0.1) is 6.92 Å². The van der Waals surface area contributed by atoms with Gasteiger partial charge < -0.3 is 5.32 Å². The van der Waals surface area contributed by atoms with Crippen molar-refractivity contribution in [1.29, 1.82) is 0 Å². The van der Waals surface area contributed by atoms with Gasteiger partial charge in [0.05, 0.1) is 27.2 Å². The maximum absolute atomic E-state index is 13.1. The first kappa shape index (κ1) is 23.0. The molecule has 0 spiro atoms. The summed E-state index contributed by atoms with van der Waals surface area (Å²) in [5, 5.41) is 1.46. The molecule has 1 aromatic heterocycles. The molecule has 31 heavy (non-hydrogen) atoms. The Hall–Kier alpha value is -2.65. The average molecular weight is 470 g/mol. The minimum atomic E-state index is -4.59. The Balaban J connectivity index is 1.82. The zero-order valence-corrected chi connectivity index (χ0v) is 18.4. The predicted octanol–water partition coefficient (Wildman–Crippen LogP) is 5.28. The normalized spacial score (nSPS) is 12.6. The van der Waals surface area contributed by atoms with Gasteiger partial charge in [0.25, 0.3) is 5.56 Å². The SMILES string of the molecule is Cc1c(NC(=O)C(C)Sc2ccc(Cl)c(C(F)(F)F)c2)c(=O)n(-c2ccccc2)n1C. The van der Waals surface area contributed by atoms with Crippen LogP contribution in [0.15, 0.2) is 58.2 Å². The van der Waals surface area contributed by atoms with Gasteiger partial charge in [0.15, 0.2) is 0 Å². The van der Waals surface area contributed by atoms with Crippen molar-refractivity contribution in [3.05, 3.63) is 75.2 Å². The van der Waals surface area contributed by atoms with Crippen molar-refractivity contribution in [3.8, 4) is 5.69 Å². The Bertz CT molecular complexity index is 1170. The van der Waals surface area contributed by atoms with E-state index in [9.17, 15) is 22.8 Å². The Kier molecular flexibility index (Phi) is 6.56. The standard InChI is InChI=1S/C21H19ClF3N3O2S/c1-12-18(20(30)28(27(12)3)14-7-5-4-6-8-14)26-19(29)13(2)31-15-9-10-17(22)16(11-15)21(23,24)25/h4-11,13H,1-3H3,(H,26,29). The van der Waals surface area contributed by atoms with Crippen LogP contribution in [0.5, 0.6) is 0 Å². The van der Waals surface area contributed by atoms with E-state index in [1.54, 1.807) is 49.8 Å². The molecule has 10 heteroatoms. The van der Waals surface area contributed by atoms with Gasteiger partial charge in [0, 0.05) is 11.9 Å². The summed E-state index contributed by atoms with van der Waals surface area (Å²) in [6.45, 7) is 3.25. The Morgan fingerprint density at radius 1 is 1.16 bits per heavy atom. The van der Waals surface area contributed by atoms with Gasteiger partial charge in [-0.25, -0.2) is 4.68 Å². The highest BCUT2D eigenvalue weighted by molar-refractivity contribution is 8.00. The van der Waals surface area contributed by atoms with Crippen LogP contribution in [0.3, 0.4) is 0 Å². The van der Waals surface area contributed by atoms with Crippen LogP contribution in [-0.2, 0) is 18.0 Å². The number of hydrogen-bond acceptors (Lipinski definition) is 3. The maximum atomic E-state index is 13.1. The number of anilines is 1. The van der Waals surface area contributed by atoms with E-state index in [0.717, 1.165) is 23.9 Å². The number of amides is 1. The van der Waals surface area contributed by atoms with Crippen molar-refractivity contribution in [3.63, 3.8) is 0 Å². The van der Waals surface area contributed by atoms with Gasteiger partial charge in [-0.2, -0.15) is 13.2 Å². The molecule has 5 nitrogen and oxygen atoms in total. The quantitative estimate of drug-likeness (QED) is 0.517. The number of carbonyl (C=O) groups is 1. The van der Waals surface area contributed by atoms with Crippen molar-refractivity contribution < 1.29 is 18.0 Å². The molecule has 0 saturated carbocycles.